The second kappa shape index (κ2) is 20.2. The maximum absolute atomic E-state index is 13.5. The van der Waals surface area contributed by atoms with Gasteiger partial charge in [-0.05, 0) is 113 Å². The summed E-state index contributed by atoms with van der Waals surface area (Å²) in [5.41, 5.74) is 31.8. The van der Waals surface area contributed by atoms with E-state index in [9.17, 15) is 15.0 Å². The van der Waals surface area contributed by atoms with E-state index >= 15 is 0 Å². The predicted molar refractivity (Wildman–Crippen MR) is 279 cm³/mol. The van der Waals surface area contributed by atoms with E-state index in [2.05, 4.69) is 87.8 Å². The van der Waals surface area contributed by atoms with Crippen molar-refractivity contribution in [2.24, 2.45) is 29.2 Å². The first-order valence-electron chi connectivity index (χ1n) is 25.6. The topological polar surface area (TPSA) is 221 Å². The first kappa shape index (κ1) is 48.5. The maximum atomic E-state index is 13.5. The van der Waals surface area contributed by atoms with Crippen molar-refractivity contribution in [1.29, 1.82) is 0 Å². The Morgan fingerprint density at radius 3 is 2.15 bits per heavy atom. The van der Waals surface area contributed by atoms with Crippen molar-refractivity contribution < 1.29 is 19.7 Å². The Labute approximate surface area is 417 Å². The lowest BCUT2D eigenvalue weighted by atomic mass is 9.84. The number of allylic oxidation sites excluding steroid dienone is 1. The summed E-state index contributed by atoms with van der Waals surface area (Å²) in [7, 11) is 0. The van der Waals surface area contributed by atoms with Crippen molar-refractivity contribution in [2.75, 3.05) is 25.4 Å². The number of aliphatic hydroxyl groups is 2. The largest absolute Gasteiger partial charge is 0.493 e. The second-order valence-electron chi connectivity index (χ2n) is 21.0. The molecule has 8 unspecified atom stereocenters. The molecule has 1 amide bonds. The number of hydrogen-bond acceptors (Lipinski definition) is 11. The summed E-state index contributed by atoms with van der Waals surface area (Å²) < 4.78 is 6.86. The number of amides is 1. The van der Waals surface area contributed by atoms with Crippen molar-refractivity contribution in [3.63, 3.8) is 0 Å². The van der Waals surface area contributed by atoms with Crippen LogP contribution in [-0.4, -0.2) is 83.9 Å². The van der Waals surface area contributed by atoms with Crippen molar-refractivity contribution in [2.45, 2.75) is 116 Å². The van der Waals surface area contributed by atoms with Crippen LogP contribution in [0.3, 0.4) is 0 Å². The van der Waals surface area contributed by atoms with Crippen LogP contribution in [0, 0.1) is 17.8 Å². The number of nitrogens with zero attached hydrogens (tertiary/aromatic N) is 4. The monoisotopic (exact) mass is 959 g/mol. The Kier molecular flexibility index (Phi) is 13.8. The zero-order valence-electron chi connectivity index (χ0n) is 41.6. The molecule has 8 atom stereocenters. The van der Waals surface area contributed by atoms with E-state index in [-0.39, 0.29) is 47.7 Å². The molecule has 4 aliphatic rings. The normalized spacial score (nSPS) is 21.9. The highest BCUT2D eigenvalue weighted by Crippen LogP contribution is 2.51. The minimum absolute atomic E-state index is 0.0254. The van der Waals surface area contributed by atoms with E-state index in [0.29, 0.717) is 25.4 Å². The molecule has 2 bridgehead atoms. The zero-order valence-corrected chi connectivity index (χ0v) is 41.6. The lowest BCUT2D eigenvalue weighted by molar-refractivity contribution is -0.134. The maximum Gasteiger partial charge on any atom is 0.240 e. The third-order valence-electron chi connectivity index (χ3n) is 15.8. The number of aliphatic hydroxyl groups excluding tert-OH is 2. The highest BCUT2D eigenvalue weighted by atomic mass is 16.5. The Hall–Kier alpha value is -6.13. The van der Waals surface area contributed by atoms with Gasteiger partial charge in [0.25, 0.3) is 0 Å². The average molecular weight is 959 g/mol. The second-order valence-corrected chi connectivity index (χ2v) is 21.0. The number of carbonyl (C=O) groups is 1. The Morgan fingerprint density at radius 1 is 0.803 bits per heavy atom. The number of aromatic nitrogens is 4. The smallest absolute Gasteiger partial charge is 0.240 e. The molecule has 11 N–H and O–H groups in total. The molecule has 71 heavy (non-hydrogen) atoms. The number of likely N-dealkylation sites (tertiary alicyclic amines) is 2. The fourth-order valence-electron chi connectivity index (χ4n) is 11.2. The molecule has 2 saturated heterocycles. The summed E-state index contributed by atoms with van der Waals surface area (Å²) >= 11 is 0. The molecule has 5 heterocycles. The molecule has 2 aromatic heterocycles. The molecular formula is C57H70N10O4. The van der Waals surface area contributed by atoms with Gasteiger partial charge in [-0.15, -0.1) is 0 Å². The lowest BCUT2D eigenvalue weighted by Gasteiger charge is -2.33. The number of benzene rings is 4. The van der Waals surface area contributed by atoms with Crippen LogP contribution in [0.1, 0.15) is 136 Å². The lowest BCUT2D eigenvalue weighted by Crippen LogP contribution is -2.50. The number of nitrogens with two attached hydrogens (primary N) is 3. The number of aromatic amines is 2. The molecule has 0 spiro atoms. The predicted octanol–water partition coefficient (Wildman–Crippen LogP) is 8.39. The van der Waals surface area contributed by atoms with Gasteiger partial charge in [0.05, 0.1) is 48.5 Å². The number of fused-ring (bicyclic) bond motifs is 5. The highest BCUT2D eigenvalue weighted by molar-refractivity contribution is 6.02. The van der Waals surface area contributed by atoms with Crippen LogP contribution >= 0.6 is 0 Å². The fraction of sp³-hybridized carbons (Fsp3) is 0.421. The number of rotatable bonds is 14. The Balaban J connectivity index is 1.02. The molecule has 4 aromatic carbocycles. The van der Waals surface area contributed by atoms with E-state index in [1.165, 1.54) is 11.1 Å². The van der Waals surface area contributed by atoms with Crippen molar-refractivity contribution in [1.82, 2.24) is 35.1 Å². The van der Waals surface area contributed by atoms with Gasteiger partial charge in [-0.3, -0.25) is 15.0 Å². The van der Waals surface area contributed by atoms with Gasteiger partial charge in [0.1, 0.15) is 29.9 Å². The zero-order chi connectivity index (χ0) is 49.7. The van der Waals surface area contributed by atoms with Crippen LogP contribution in [0.5, 0.6) is 5.75 Å². The summed E-state index contributed by atoms with van der Waals surface area (Å²) in [5.74, 6) is 2.95. The van der Waals surface area contributed by atoms with Crippen molar-refractivity contribution in [3.05, 3.63) is 142 Å². The number of H-pyrrole nitrogens is 2. The Bertz CT molecular complexity index is 2890. The molecule has 10 rings (SSSR count). The first-order chi connectivity index (χ1) is 34.2. The number of nitrogens with one attached hydrogen (secondary N) is 3. The third kappa shape index (κ3) is 9.57. The number of anilines is 1. The van der Waals surface area contributed by atoms with Gasteiger partial charge < -0.3 is 47.0 Å². The van der Waals surface area contributed by atoms with Gasteiger partial charge >= 0.3 is 0 Å². The fourth-order valence-corrected chi connectivity index (χ4v) is 11.2. The number of ether oxygens (including phenoxy) is 1. The van der Waals surface area contributed by atoms with Crippen LogP contribution in [-0.2, 0) is 11.3 Å². The number of carbonyl (C=O) groups excluding carboxylic acids is 1. The molecule has 372 valence electrons. The van der Waals surface area contributed by atoms with E-state index < -0.39 is 18.5 Å². The SMILES string of the molecule is CC(C)C(N)C(=O)N1CCCC1c1ncc(-c2ccc3c(c2)C(c2ccc(CNC(O)c4ccc(N)cc4)cc2)=C2CC(COc4cc(-c5cnc(C6CCCN6C(O)C(N)C(C)C)[nH]5)ccc42)C3C)[nH]1. The number of nitrogen functional groups attached to an aromatic ring is 1. The first-order valence-corrected chi connectivity index (χ1v) is 25.6. The Morgan fingerprint density at radius 2 is 1.45 bits per heavy atom. The number of imidazole rings is 2. The minimum Gasteiger partial charge on any atom is -0.493 e. The van der Waals surface area contributed by atoms with E-state index in [4.69, 9.17) is 31.9 Å². The summed E-state index contributed by atoms with van der Waals surface area (Å²) in [6, 6.07) is 28.1. The quantitative estimate of drug-likeness (QED) is 0.0383. The third-order valence-corrected chi connectivity index (χ3v) is 15.8. The van der Waals surface area contributed by atoms with Gasteiger partial charge in [0.15, 0.2) is 0 Å². The van der Waals surface area contributed by atoms with Crippen LogP contribution in [0.2, 0.25) is 0 Å². The van der Waals surface area contributed by atoms with Crippen molar-refractivity contribution >= 4 is 22.7 Å². The average Bonchev–Trinajstić information content (AvgIpc) is 4.22. The standard InChI is InChI=1S/C57H70N10O4/c1-31(2)51(59)56(69)66-22-6-8-47(66)53-61-28-45(64-53)37-16-20-41-33(5)39-25-44(50(43(41)24-37)35-12-10-34(11-13-35)27-63-55(68)36-14-18-40(58)19-15-36)42-21-17-38(26-49(42)71-30-39)46-29-62-54(65-46)48-9-7-23-67(48)57(70)52(60)32(3)4/h10-21,24,26,28-29,31-33,39,47-48,51-52,55,57,63,68,70H,6-9,22-23,25,27,30,58-60H2,1-5H3,(H,61,64)(H,62,65). The van der Waals surface area contributed by atoms with Gasteiger partial charge in [0, 0.05) is 54.0 Å². The summed E-state index contributed by atoms with van der Waals surface area (Å²) in [6.45, 7) is 12.8. The summed E-state index contributed by atoms with van der Waals surface area (Å²) in [6.07, 6.45) is 6.59. The molecule has 1 aliphatic carbocycles. The molecule has 3 aliphatic heterocycles. The van der Waals surface area contributed by atoms with Gasteiger partial charge in [-0.1, -0.05) is 95.3 Å². The van der Waals surface area contributed by atoms with Crippen LogP contribution < -0.4 is 27.3 Å². The van der Waals surface area contributed by atoms with Gasteiger partial charge in [0.2, 0.25) is 5.91 Å². The molecule has 0 saturated carbocycles. The molecule has 6 aromatic rings. The molecular weight excluding hydrogens is 889 g/mol. The van der Waals surface area contributed by atoms with Crippen molar-refractivity contribution in [3.8, 4) is 28.3 Å². The van der Waals surface area contributed by atoms with Crippen LogP contribution in [0.4, 0.5) is 5.69 Å². The molecule has 0 radical (unpaired) electrons. The van der Waals surface area contributed by atoms with E-state index in [1.54, 1.807) is 12.1 Å². The number of hydrogen-bond donors (Lipinski definition) is 8. The minimum atomic E-state index is -0.844. The summed E-state index contributed by atoms with van der Waals surface area (Å²) in [4.78, 5) is 34.6. The van der Waals surface area contributed by atoms with E-state index in [1.807, 2.05) is 57.1 Å². The summed E-state index contributed by atoms with van der Waals surface area (Å²) in [5, 5.41) is 25.5. The van der Waals surface area contributed by atoms with Gasteiger partial charge in [-0.2, -0.15) is 0 Å². The molecule has 14 nitrogen and oxygen atoms in total. The van der Waals surface area contributed by atoms with Crippen LogP contribution in [0.25, 0.3) is 33.7 Å². The molecule has 2 fully saturated rings. The van der Waals surface area contributed by atoms with Crippen LogP contribution in [0.15, 0.2) is 97.3 Å². The highest BCUT2D eigenvalue weighted by Gasteiger charge is 2.39. The van der Waals surface area contributed by atoms with E-state index in [0.717, 1.165) is 112 Å². The van der Waals surface area contributed by atoms with Gasteiger partial charge in [-0.25, -0.2) is 9.97 Å². The molecule has 14 heteroatoms.